The van der Waals surface area contributed by atoms with Crippen molar-refractivity contribution in [1.82, 2.24) is 9.13 Å². The third-order valence-electron chi connectivity index (χ3n) is 14.6. The first-order valence-corrected chi connectivity index (χ1v) is 22.1. The molecule has 0 saturated carbocycles. The van der Waals surface area contributed by atoms with E-state index in [0.29, 0.717) is 0 Å². The normalized spacial score (nSPS) is 13.9. The van der Waals surface area contributed by atoms with Gasteiger partial charge in [-0.05, 0) is 105 Å². The Morgan fingerprint density at radius 3 is 1.14 bits per heavy atom. The van der Waals surface area contributed by atoms with Crippen LogP contribution in [0.25, 0.3) is 111 Å². The average molecular weight is 815 g/mol. The predicted octanol–water partition coefficient (Wildman–Crippen LogP) is 13.1. The molecule has 16 rings (SSSR count). The molecule has 294 valence electrons. The maximum atomic E-state index is 7.18. The lowest BCUT2D eigenvalue weighted by Gasteiger charge is -2.38. The van der Waals surface area contributed by atoms with Crippen LogP contribution in [0.15, 0.2) is 206 Å². The Bertz CT molecular complexity index is 3800. The molecule has 8 aromatic carbocycles. The molecule has 0 unspecified atom stereocenters. The van der Waals surface area contributed by atoms with E-state index < -0.39 is 5.66 Å². The molecule has 4 aliphatic rings. The molecular formula is C59H34N4O+2. The molecule has 0 aliphatic carbocycles. The van der Waals surface area contributed by atoms with Crippen molar-refractivity contribution < 1.29 is 13.9 Å². The molecule has 1 spiro atoms. The molecule has 0 saturated heterocycles. The molecule has 0 radical (unpaired) electrons. The van der Waals surface area contributed by atoms with Crippen LogP contribution in [0.3, 0.4) is 0 Å². The van der Waals surface area contributed by atoms with Gasteiger partial charge in [-0.15, -0.1) is 0 Å². The summed E-state index contributed by atoms with van der Waals surface area (Å²) in [5, 5.41) is 4.92. The molecule has 4 aromatic heterocycles. The lowest BCUT2D eigenvalue weighted by molar-refractivity contribution is -0.934. The minimum Gasteiger partial charge on any atom is -0.456 e. The van der Waals surface area contributed by atoms with Crippen LogP contribution in [-0.4, -0.2) is 9.13 Å². The maximum Gasteiger partial charge on any atom is 0.323 e. The fourth-order valence-corrected chi connectivity index (χ4v) is 12.0. The highest BCUT2D eigenvalue weighted by Gasteiger charge is 2.69. The molecule has 64 heavy (non-hydrogen) atoms. The first kappa shape index (κ1) is 33.1. The number of para-hydroxylation sites is 2. The van der Waals surface area contributed by atoms with Gasteiger partial charge in [0, 0.05) is 33.7 Å². The van der Waals surface area contributed by atoms with Crippen LogP contribution in [0.4, 0.5) is 0 Å². The number of ether oxygens (including phenoxy) is 1. The van der Waals surface area contributed by atoms with Gasteiger partial charge < -0.3 is 4.74 Å². The van der Waals surface area contributed by atoms with Gasteiger partial charge in [0.1, 0.15) is 33.7 Å². The van der Waals surface area contributed by atoms with E-state index in [1.807, 2.05) is 0 Å². The van der Waals surface area contributed by atoms with Crippen molar-refractivity contribution in [3.05, 3.63) is 217 Å². The smallest absolute Gasteiger partial charge is 0.323 e. The van der Waals surface area contributed by atoms with Crippen LogP contribution in [-0.2, 0) is 5.66 Å². The van der Waals surface area contributed by atoms with Gasteiger partial charge in [0.05, 0.1) is 0 Å². The van der Waals surface area contributed by atoms with Crippen LogP contribution in [0.1, 0.15) is 11.1 Å². The van der Waals surface area contributed by atoms with Crippen molar-refractivity contribution in [3.8, 4) is 79.0 Å². The summed E-state index contributed by atoms with van der Waals surface area (Å²) >= 11 is 0. The molecule has 5 nitrogen and oxygen atoms in total. The van der Waals surface area contributed by atoms with Gasteiger partial charge in [0.2, 0.25) is 0 Å². The van der Waals surface area contributed by atoms with Crippen LogP contribution in [0.5, 0.6) is 11.5 Å². The standard InChI is InChI=1S/C59H34N4O/c1-3-11-35(12-4-1)37-19-23-39(24-20-37)41-31-49-50-32-42(40-25-21-38(22-26-40)36-13-5-2-6-14-36)34-54-61-48-18-10-8-16-44(48)46-28-30-52-56(58(46)61)59(63(50)54)55-51(64-52)29-27-45-43-15-7-9-17-47(43)60(57(45)55)53(33-41)62(49)59/h1-34H/q+2. The van der Waals surface area contributed by atoms with Gasteiger partial charge in [-0.2, -0.15) is 18.3 Å². The number of rotatable bonds is 4. The zero-order valence-corrected chi connectivity index (χ0v) is 34.3. The quantitative estimate of drug-likeness (QED) is 0.163. The van der Waals surface area contributed by atoms with Crippen molar-refractivity contribution in [1.29, 1.82) is 0 Å². The van der Waals surface area contributed by atoms with Crippen LogP contribution < -0.4 is 13.9 Å². The average Bonchev–Trinajstić information content (AvgIpc) is 3.99. The van der Waals surface area contributed by atoms with Gasteiger partial charge in [0.15, 0.2) is 22.4 Å². The summed E-state index contributed by atoms with van der Waals surface area (Å²) in [6.45, 7) is 0. The van der Waals surface area contributed by atoms with E-state index in [1.54, 1.807) is 0 Å². The third kappa shape index (κ3) is 3.85. The monoisotopic (exact) mass is 814 g/mol. The summed E-state index contributed by atoms with van der Waals surface area (Å²) in [6, 6.07) is 76.0. The summed E-state index contributed by atoms with van der Waals surface area (Å²) in [6.07, 6.45) is 0. The number of hydrogen-bond acceptors (Lipinski definition) is 1. The number of fused-ring (bicyclic) bond motifs is 9. The maximum absolute atomic E-state index is 7.18. The SMILES string of the molecule is c1ccc(-c2ccc(-c3cc4[n+]5c(c3)-n3c6ccccc6c6ccc7c(c63)C53c5c(ccc6c8ccccc8n(c56)-c5cc(-c6ccc(-c8ccccc8)cc6)cc-4[n+]53)O7)cc2)cc1. The lowest BCUT2D eigenvalue weighted by atomic mass is 9.82. The van der Waals surface area contributed by atoms with E-state index >= 15 is 0 Å². The van der Waals surface area contributed by atoms with E-state index in [4.69, 9.17) is 4.74 Å². The molecule has 0 N–H and O–H groups in total. The van der Waals surface area contributed by atoms with Crippen molar-refractivity contribution >= 4 is 43.6 Å². The van der Waals surface area contributed by atoms with Crippen LogP contribution >= 0.6 is 0 Å². The predicted molar refractivity (Wildman–Crippen MR) is 254 cm³/mol. The molecule has 4 aliphatic heterocycles. The second-order valence-corrected chi connectivity index (χ2v) is 17.7. The Balaban J connectivity index is 1.08. The molecule has 5 heteroatoms. The van der Waals surface area contributed by atoms with E-state index in [9.17, 15) is 0 Å². The molecule has 8 heterocycles. The van der Waals surface area contributed by atoms with Crippen LogP contribution in [0.2, 0.25) is 0 Å². The van der Waals surface area contributed by atoms with Crippen molar-refractivity contribution in [2.24, 2.45) is 0 Å². The lowest BCUT2D eigenvalue weighted by Crippen LogP contribution is -2.75. The first-order valence-electron chi connectivity index (χ1n) is 22.1. The van der Waals surface area contributed by atoms with Crippen molar-refractivity contribution in [2.75, 3.05) is 0 Å². The van der Waals surface area contributed by atoms with E-state index in [0.717, 1.165) is 34.5 Å². The molecule has 0 fully saturated rings. The highest BCUT2D eigenvalue weighted by atomic mass is 16.5. The molecule has 0 bridgehead atoms. The summed E-state index contributed by atoms with van der Waals surface area (Å²) in [7, 11) is 0. The summed E-state index contributed by atoms with van der Waals surface area (Å²) in [4.78, 5) is 0. The fraction of sp³-hybridized carbons (Fsp3) is 0.0169. The topological polar surface area (TPSA) is 26.8 Å². The first-order chi connectivity index (χ1) is 31.7. The molecule has 0 amide bonds. The van der Waals surface area contributed by atoms with Gasteiger partial charge >= 0.3 is 5.66 Å². The van der Waals surface area contributed by atoms with E-state index in [-0.39, 0.29) is 0 Å². The molecule has 0 atom stereocenters. The van der Waals surface area contributed by atoms with Crippen molar-refractivity contribution in [3.63, 3.8) is 0 Å². The second kappa shape index (κ2) is 11.5. The van der Waals surface area contributed by atoms with Crippen LogP contribution in [0, 0.1) is 0 Å². The Labute approximate surface area is 367 Å². The zero-order chi connectivity index (χ0) is 41.4. The summed E-state index contributed by atoms with van der Waals surface area (Å²) in [5.74, 6) is 4.05. The number of nitrogens with zero attached hydrogens (tertiary/aromatic N) is 4. The van der Waals surface area contributed by atoms with Crippen molar-refractivity contribution in [2.45, 2.75) is 5.66 Å². The third-order valence-corrected chi connectivity index (χ3v) is 14.6. The van der Waals surface area contributed by atoms with Gasteiger partial charge in [-0.3, -0.25) is 0 Å². The number of pyridine rings is 2. The summed E-state index contributed by atoms with van der Waals surface area (Å²) in [5.41, 5.74) is 18.2. The van der Waals surface area contributed by atoms with Gasteiger partial charge in [-0.1, -0.05) is 133 Å². The Kier molecular flexibility index (Phi) is 5.94. The van der Waals surface area contributed by atoms with Gasteiger partial charge in [0.25, 0.3) is 11.6 Å². The highest BCUT2D eigenvalue weighted by molar-refractivity contribution is 6.14. The Morgan fingerprint density at radius 1 is 0.328 bits per heavy atom. The van der Waals surface area contributed by atoms with Gasteiger partial charge in [-0.25, -0.2) is 0 Å². The number of hydrogen-bond donors (Lipinski definition) is 0. The minimum absolute atomic E-state index is 0.780. The molecule has 12 aromatic rings. The molecular weight excluding hydrogens is 781 g/mol. The highest BCUT2D eigenvalue weighted by Crippen LogP contribution is 2.59. The van der Waals surface area contributed by atoms with E-state index in [2.05, 4.69) is 225 Å². The Hall–Kier alpha value is -8.54. The minimum atomic E-state index is -0.780. The summed E-state index contributed by atoms with van der Waals surface area (Å²) < 4.78 is 17.5. The number of benzene rings is 8. The van der Waals surface area contributed by atoms with E-state index in [1.165, 1.54) is 99.2 Å². The second-order valence-electron chi connectivity index (χ2n) is 17.7. The zero-order valence-electron chi connectivity index (χ0n) is 34.3. The largest absolute Gasteiger partial charge is 0.456 e. The Morgan fingerprint density at radius 2 is 0.703 bits per heavy atom. The fourth-order valence-electron chi connectivity index (χ4n) is 12.0. The number of aromatic nitrogens is 4.